The van der Waals surface area contributed by atoms with E-state index in [1.807, 2.05) is 0 Å². The maximum Gasteiger partial charge on any atom is 0.405 e. The molecule has 1 aromatic carbocycles. The Kier molecular flexibility index (Phi) is 4.82. The molecule has 0 atom stereocenters. The molecule has 0 spiro atoms. The molecule has 0 aliphatic heterocycles. The van der Waals surface area contributed by atoms with E-state index in [1.165, 1.54) is 11.9 Å². The Bertz CT molecular complexity index is 379. The van der Waals surface area contributed by atoms with Crippen molar-refractivity contribution >= 4 is 21.6 Å². The predicted molar refractivity (Wildman–Crippen MR) is 66.2 cm³/mol. The lowest BCUT2D eigenvalue weighted by molar-refractivity contribution is -0.119. The fraction of sp³-hybridized carbons (Fsp3) is 0.455. The topological polar surface area (TPSA) is 29.3 Å². The van der Waals surface area contributed by atoms with E-state index in [0.717, 1.165) is 10.0 Å². The summed E-state index contributed by atoms with van der Waals surface area (Å²) in [7, 11) is 1.43. The van der Waals surface area contributed by atoms with Gasteiger partial charge in [0, 0.05) is 17.2 Å². The van der Waals surface area contributed by atoms with Crippen molar-refractivity contribution in [2.75, 3.05) is 25.0 Å². The van der Waals surface area contributed by atoms with E-state index in [0.29, 0.717) is 18.7 Å². The van der Waals surface area contributed by atoms with E-state index in [-0.39, 0.29) is 0 Å². The van der Waals surface area contributed by atoms with Crippen LogP contribution in [0.15, 0.2) is 22.7 Å². The molecule has 0 aliphatic carbocycles. The molecule has 1 rings (SSSR count). The fourth-order valence-electron chi connectivity index (χ4n) is 1.64. The molecular weight excluding hydrogens is 297 g/mol. The molecule has 0 saturated heterocycles. The summed E-state index contributed by atoms with van der Waals surface area (Å²) < 4.78 is 37.8. The van der Waals surface area contributed by atoms with Gasteiger partial charge < -0.3 is 10.6 Å². The Balaban J connectivity index is 2.95. The molecule has 0 aliphatic rings. The largest absolute Gasteiger partial charge is 0.405 e. The minimum Gasteiger partial charge on any atom is -0.365 e. The van der Waals surface area contributed by atoms with Crippen LogP contribution in [0.4, 0.5) is 18.9 Å². The molecule has 0 radical (unpaired) electrons. The van der Waals surface area contributed by atoms with Crippen LogP contribution in [0.5, 0.6) is 0 Å². The van der Waals surface area contributed by atoms with Crippen molar-refractivity contribution in [1.82, 2.24) is 0 Å². The summed E-state index contributed by atoms with van der Waals surface area (Å²) in [6.45, 7) is -0.560. The smallest absolute Gasteiger partial charge is 0.365 e. The molecule has 0 aromatic heterocycles. The lowest BCUT2D eigenvalue weighted by Crippen LogP contribution is -2.31. The molecule has 0 amide bonds. The highest BCUT2D eigenvalue weighted by molar-refractivity contribution is 9.10. The van der Waals surface area contributed by atoms with E-state index < -0.39 is 12.7 Å². The SMILES string of the molecule is CN(CC(F)(F)F)c1ccc(Br)cc1CCN. The fourth-order valence-corrected chi connectivity index (χ4v) is 2.04. The van der Waals surface area contributed by atoms with Gasteiger partial charge in [-0.15, -0.1) is 0 Å². The predicted octanol–water partition coefficient (Wildman–Crippen LogP) is 2.95. The van der Waals surface area contributed by atoms with Gasteiger partial charge in [0.05, 0.1) is 0 Å². The first-order valence-electron chi connectivity index (χ1n) is 5.10. The van der Waals surface area contributed by atoms with E-state index >= 15 is 0 Å². The quantitative estimate of drug-likeness (QED) is 0.926. The Morgan fingerprint density at radius 3 is 2.53 bits per heavy atom. The first-order valence-corrected chi connectivity index (χ1v) is 5.89. The maximum absolute atomic E-state index is 12.3. The second kappa shape index (κ2) is 5.73. The Labute approximate surface area is 107 Å². The second-order valence-corrected chi connectivity index (χ2v) is 4.70. The third-order valence-electron chi connectivity index (χ3n) is 2.28. The van der Waals surface area contributed by atoms with Crippen LogP contribution in [0.1, 0.15) is 5.56 Å². The lowest BCUT2D eigenvalue weighted by Gasteiger charge is -2.23. The molecule has 96 valence electrons. The van der Waals surface area contributed by atoms with Crippen LogP contribution in [-0.4, -0.2) is 26.3 Å². The first-order chi connectivity index (χ1) is 7.83. The highest BCUT2D eigenvalue weighted by Gasteiger charge is 2.29. The van der Waals surface area contributed by atoms with Crippen molar-refractivity contribution in [3.8, 4) is 0 Å². The molecule has 0 unspecified atom stereocenters. The monoisotopic (exact) mass is 310 g/mol. The van der Waals surface area contributed by atoms with E-state index in [4.69, 9.17) is 5.73 Å². The van der Waals surface area contributed by atoms with Crippen molar-refractivity contribution in [2.45, 2.75) is 12.6 Å². The minimum atomic E-state index is -4.21. The van der Waals surface area contributed by atoms with Crippen molar-refractivity contribution < 1.29 is 13.2 Å². The molecule has 0 heterocycles. The van der Waals surface area contributed by atoms with Gasteiger partial charge in [-0.1, -0.05) is 15.9 Å². The maximum atomic E-state index is 12.3. The molecule has 2 nitrogen and oxygen atoms in total. The highest BCUT2D eigenvalue weighted by Crippen LogP contribution is 2.27. The minimum absolute atomic E-state index is 0.406. The standard InChI is InChI=1S/C11H14BrF3N2/c1-17(7-11(13,14)15)10-3-2-9(12)6-8(10)4-5-16/h2-3,6H,4-5,7,16H2,1H3. The average molecular weight is 311 g/mol. The van der Waals surface area contributed by atoms with Crippen LogP contribution in [0.3, 0.4) is 0 Å². The number of rotatable bonds is 4. The van der Waals surface area contributed by atoms with Crippen LogP contribution >= 0.6 is 15.9 Å². The van der Waals surface area contributed by atoms with Gasteiger partial charge in [-0.25, -0.2) is 0 Å². The molecule has 1 aromatic rings. The number of anilines is 1. The molecule has 6 heteroatoms. The van der Waals surface area contributed by atoms with Gasteiger partial charge in [0.25, 0.3) is 0 Å². The molecule has 17 heavy (non-hydrogen) atoms. The van der Waals surface area contributed by atoms with Gasteiger partial charge in [-0.05, 0) is 36.7 Å². The van der Waals surface area contributed by atoms with Crippen molar-refractivity contribution in [3.63, 3.8) is 0 Å². The summed E-state index contributed by atoms with van der Waals surface area (Å²) in [6, 6.07) is 5.19. The third-order valence-corrected chi connectivity index (χ3v) is 2.78. The van der Waals surface area contributed by atoms with Crippen molar-refractivity contribution in [2.24, 2.45) is 5.73 Å². The first kappa shape index (κ1) is 14.3. The normalized spacial score (nSPS) is 11.6. The van der Waals surface area contributed by atoms with Crippen LogP contribution in [0.25, 0.3) is 0 Å². The third kappa shape index (κ3) is 4.55. The van der Waals surface area contributed by atoms with E-state index in [1.54, 1.807) is 18.2 Å². The molecular formula is C11H14BrF3N2. The number of nitrogens with zero attached hydrogens (tertiary/aromatic N) is 1. The number of halogens is 4. The van der Waals surface area contributed by atoms with Crippen molar-refractivity contribution in [1.29, 1.82) is 0 Å². The Morgan fingerprint density at radius 2 is 2.00 bits per heavy atom. The second-order valence-electron chi connectivity index (χ2n) is 3.78. The van der Waals surface area contributed by atoms with Gasteiger partial charge in [-0.2, -0.15) is 13.2 Å². The van der Waals surface area contributed by atoms with Gasteiger partial charge in [0.2, 0.25) is 0 Å². The zero-order valence-electron chi connectivity index (χ0n) is 9.39. The molecule has 0 bridgehead atoms. The number of alkyl halides is 3. The number of benzene rings is 1. The van der Waals surface area contributed by atoms with Crippen LogP contribution < -0.4 is 10.6 Å². The van der Waals surface area contributed by atoms with E-state index in [9.17, 15) is 13.2 Å². The van der Waals surface area contributed by atoms with Gasteiger partial charge in [-0.3, -0.25) is 0 Å². The van der Waals surface area contributed by atoms with Gasteiger partial charge in [0.15, 0.2) is 0 Å². The zero-order chi connectivity index (χ0) is 13.1. The molecule has 2 N–H and O–H groups in total. The number of hydrogen-bond acceptors (Lipinski definition) is 2. The highest BCUT2D eigenvalue weighted by atomic mass is 79.9. The van der Waals surface area contributed by atoms with Crippen molar-refractivity contribution in [3.05, 3.63) is 28.2 Å². The zero-order valence-corrected chi connectivity index (χ0v) is 11.0. The Hall–Kier alpha value is -0.750. The van der Waals surface area contributed by atoms with Crippen LogP contribution in [0.2, 0.25) is 0 Å². The lowest BCUT2D eigenvalue weighted by atomic mass is 10.1. The van der Waals surface area contributed by atoms with E-state index in [2.05, 4.69) is 15.9 Å². The van der Waals surface area contributed by atoms with Gasteiger partial charge >= 0.3 is 6.18 Å². The summed E-state index contributed by atoms with van der Waals surface area (Å²) in [5.74, 6) is 0. The molecule has 0 saturated carbocycles. The Morgan fingerprint density at radius 1 is 1.35 bits per heavy atom. The average Bonchev–Trinajstić information content (AvgIpc) is 2.15. The number of nitrogens with two attached hydrogens (primary N) is 1. The van der Waals surface area contributed by atoms with Crippen LogP contribution in [0, 0.1) is 0 Å². The summed E-state index contributed by atoms with van der Waals surface area (Å²) in [4.78, 5) is 1.19. The summed E-state index contributed by atoms with van der Waals surface area (Å²) >= 11 is 3.30. The number of hydrogen-bond donors (Lipinski definition) is 1. The summed E-state index contributed by atoms with van der Waals surface area (Å²) in [5.41, 5.74) is 6.83. The summed E-state index contributed by atoms with van der Waals surface area (Å²) in [6.07, 6.45) is -3.65. The summed E-state index contributed by atoms with van der Waals surface area (Å²) in [5, 5.41) is 0. The van der Waals surface area contributed by atoms with Crippen LogP contribution in [-0.2, 0) is 6.42 Å². The molecule has 0 fully saturated rings. The van der Waals surface area contributed by atoms with Gasteiger partial charge in [0.1, 0.15) is 6.54 Å².